The van der Waals surface area contributed by atoms with Crippen LogP contribution in [0.5, 0.6) is 0 Å². The molecule has 2 N–H and O–H groups in total. The van der Waals surface area contributed by atoms with Gasteiger partial charge in [-0.2, -0.15) is 0 Å². The summed E-state index contributed by atoms with van der Waals surface area (Å²) < 4.78 is 0. The Morgan fingerprint density at radius 1 is 1.36 bits per heavy atom. The first-order chi connectivity index (χ1) is 10.6. The molecule has 0 saturated carbocycles. The molecule has 7 heteroatoms. The molecule has 1 unspecified atom stereocenters. The quantitative estimate of drug-likeness (QED) is 0.899. The Morgan fingerprint density at radius 2 is 2.14 bits per heavy atom. The third kappa shape index (κ3) is 3.28. The average Bonchev–Trinajstić information content (AvgIpc) is 2.50. The molecule has 0 amide bonds. The number of likely N-dealkylation sites (tertiary alicyclic amines) is 1. The third-order valence-electron chi connectivity index (χ3n) is 3.85. The number of benzene rings is 1. The molecule has 1 saturated heterocycles. The van der Waals surface area contributed by atoms with Crippen LogP contribution in [0.3, 0.4) is 0 Å². The largest absolute Gasteiger partial charge is 0.480 e. The summed E-state index contributed by atoms with van der Waals surface area (Å²) in [6, 6.07) is 7.87. The molecular formula is C15H17ClN4O2. The number of nitrogens with one attached hydrogen (secondary N) is 1. The first-order valence-electron chi connectivity index (χ1n) is 7.25. The number of anilines is 1. The van der Waals surface area contributed by atoms with Gasteiger partial charge in [0.15, 0.2) is 11.0 Å². The number of aromatic nitrogens is 2. The van der Waals surface area contributed by atoms with Crippen LogP contribution >= 0.6 is 11.6 Å². The van der Waals surface area contributed by atoms with Crippen molar-refractivity contribution >= 4 is 34.2 Å². The Kier molecular flexibility index (Phi) is 4.40. The number of nitrogens with zero attached hydrogens (tertiary/aromatic N) is 3. The van der Waals surface area contributed by atoms with E-state index in [-0.39, 0.29) is 12.6 Å². The van der Waals surface area contributed by atoms with Crippen LogP contribution < -0.4 is 5.32 Å². The molecule has 116 valence electrons. The highest BCUT2D eigenvalue weighted by atomic mass is 35.5. The van der Waals surface area contributed by atoms with Gasteiger partial charge in [0, 0.05) is 23.4 Å². The number of aliphatic carboxylic acids is 1. The van der Waals surface area contributed by atoms with Crippen molar-refractivity contribution in [3.63, 3.8) is 0 Å². The Balaban J connectivity index is 1.78. The molecule has 1 aromatic heterocycles. The maximum Gasteiger partial charge on any atom is 0.317 e. The summed E-state index contributed by atoms with van der Waals surface area (Å²) in [7, 11) is 0. The van der Waals surface area contributed by atoms with E-state index in [1.165, 1.54) is 0 Å². The predicted molar refractivity (Wildman–Crippen MR) is 85.3 cm³/mol. The van der Waals surface area contributed by atoms with Crippen molar-refractivity contribution in [3.05, 3.63) is 29.4 Å². The average molecular weight is 321 g/mol. The highest BCUT2D eigenvalue weighted by molar-refractivity contribution is 6.34. The highest BCUT2D eigenvalue weighted by Crippen LogP contribution is 2.26. The fourth-order valence-corrected chi connectivity index (χ4v) is 3.08. The maximum atomic E-state index is 10.8. The first kappa shape index (κ1) is 15.0. The summed E-state index contributed by atoms with van der Waals surface area (Å²) in [5.74, 6) is -0.0976. The van der Waals surface area contributed by atoms with Crippen molar-refractivity contribution in [1.82, 2.24) is 15.1 Å². The van der Waals surface area contributed by atoms with E-state index in [9.17, 15) is 4.79 Å². The van der Waals surface area contributed by atoms with Crippen LogP contribution in [0.4, 0.5) is 5.82 Å². The third-order valence-corrected chi connectivity index (χ3v) is 4.13. The molecule has 0 bridgehead atoms. The van der Waals surface area contributed by atoms with Crippen LogP contribution in [-0.4, -0.2) is 51.8 Å². The van der Waals surface area contributed by atoms with Crippen molar-refractivity contribution in [3.8, 4) is 0 Å². The molecule has 22 heavy (non-hydrogen) atoms. The number of carbonyl (C=O) groups is 1. The number of halogens is 1. The Morgan fingerprint density at radius 3 is 2.91 bits per heavy atom. The van der Waals surface area contributed by atoms with Crippen molar-refractivity contribution in [1.29, 1.82) is 0 Å². The molecule has 3 rings (SSSR count). The first-order valence-corrected chi connectivity index (χ1v) is 7.63. The van der Waals surface area contributed by atoms with Gasteiger partial charge in [0.1, 0.15) is 0 Å². The second kappa shape index (κ2) is 6.46. The van der Waals surface area contributed by atoms with Gasteiger partial charge in [-0.15, -0.1) is 10.2 Å². The molecule has 2 aromatic rings. The lowest BCUT2D eigenvalue weighted by molar-refractivity contribution is -0.138. The molecular weight excluding hydrogens is 304 g/mol. The van der Waals surface area contributed by atoms with E-state index in [1.54, 1.807) is 0 Å². The molecule has 0 aliphatic carbocycles. The highest BCUT2D eigenvalue weighted by Gasteiger charge is 2.22. The van der Waals surface area contributed by atoms with Crippen LogP contribution in [0, 0.1) is 0 Å². The Labute approximate surface area is 133 Å². The van der Waals surface area contributed by atoms with Crippen LogP contribution in [-0.2, 0) is 4.79 Å². The molecule has 6 nitrogen and oxygen atoms in total. The van der Waals surface area contributed by atoms with Gasteiger partial charge in [0.2, 0.25) is 0 Å². The summed E-state index contributed by atoms with van der Waals surface area (Å²) in [5, 5.41) is 22.6. The zero-order valence-corrected chi connectivity index (χ0v) is 12.8. The molecule has 1 aliphatic heterocycles. The monoisotopic (exact) mass is 320 g/mol. The summed E-state index contributed by atoms with van der Waals surface area (Å²) in [5.41, 5.74) is 0. The van der Waals surface area contributed by atoms with Gasteiger partial charge in [-0.25, -0.2) is 0 Å². The lowest BCUT2D eigenvalue weighted by atomic mass is 10.1. The van der Waals surface area contributed by atoms with E-state index in [0.29, 0.717) is 17.5 Å². The minimum Gasteiger partial charge on any atom is -0.480 e. The zero-order valence-electron chi connectivity index (χ0n) is 12.0. The van der Waals surface area contributed by atoms with E-state index in [4.69, 9.17) is 16.7 Å². The van der Waals surface area contributed by atoms with E-state index in [2.05, 4.69) is 15.5 Å². The van der Waals surface area contributed by atoms with Gasteiger partial charge in [0.25, 0.3) is 0 Å². The maximum absolute atomic E-state index is 10.8. The molecule has 0 spiro atoms. The normalized spacial score (nSPS) is 19.2. The van der Waals surface area contributed by atoms with Crippen LogP contribution in [0.2, 0.25) is 5.15 Å². The van der Waals surface area contributed by atoms with Crippen molar-refractivity contribution in [2.45, 2.75) is 18.9 Å². The Hall–Kier alpha value is -1.92. The van der Waals surface area contributed by atoms with Gasteiger partial charge in [-0.05, 0) is 19.4 Å². The van der Waals surface area contributed by atoms with Gasteiger partial charge in [0.05, 0.1) is 6.54 Å². The van der Waals surface area contributed by atoms with Gasteiger partial charge >= 0.3 is 5.97 Å². The summed E-state index contributed by atoms with van der Waals surface area (Å²) in [6.45, 7) is 1.58. The van der Waals surface area contributed by atoms with E-state index in [1.807, 2.05) is 29.2 Å². The Bertz CT molecular complexity index is 694. The SMILES string of the molecule is O=C(O)CN1CCCC(Nc2nnc(Cl)c3ccccc23)C1. The molecule has 2 heterocycles. The predicted octanol–water partition coefficient (Wildman–Crippen LogP) is 2.24. The van der Waals surface area contributed by atoms with E-state index < -0.39 is 5.97 Å². The molecule has 1 fully saturated rings. The van der Waals surface area contributed by atoms with Crippen molar-refractivity contribution < 1.29 is 9.90 Å². The number of rotatable bonds is 4. The van der Waals surface area contributed by atoms with Crippen LogP contribution in [0.15, 0.2) is 24.3 Å². The lowest BCUT2D eigenvalue weighted by Gasteiger charge is -2.32. The number of hydrogen-bond donors (Lipinski definition) is 2. The molecule has 1 aromatic carbocycles. The second-order valence-corrected chi connectivity index (χ2v) is 5.86. The van der Waals surface area contributed by atoms with E-state index >= 15 is 0 Å². The number of hydrogen-bond acceptors (Lipinski definition) is 5. The van der Waals surface area contributed by atoms with Gasteiger partial charge in [-0.3, -0.25) is 9.69 Å². The van der Waals surface area contributed by atoms with Crippen LogP contribution in [0.1, 0.15) is 12.8 Å². The summed E-state index contributed by atoms with van der Waals surface area (Å²) in [4.78, 5) is 12.8. The number of carboxylic acids is 1. The summed E-state index contributed by atoms with van der Waals surface area (Å²) >= 11 is 6.08. The second-order valence-electron chi connectivity index (χ2n) is 5.50. The smallest absolute Gasteiger partial charge is 0.317 e. The topological polar surface area (TPSA) is 78.4 Å². The van der Waals surface area contributed by atoms with E-state index in [0.717, 1.165) is 30.2 Å². The summed E-state index contributed by atoms with van der Waals surface area (Å²) in [6.07, 6.45) is 1.94. The van der Waals surface area contributed by atoms with Crippen molar-refractivity contribution in [2.24, 2.45) is 0 Å². The molecule has 1 aliphatic rings. The zero-order chi connectivity index (χ0) is 15.5. The fourth-order valence-electron chi connectivity index (χ4n) is 2.88. The number of piperidine rings is 1. The molecule has 0 radical (unpaired) electrons. The lowest BCUT2D eigenvalue weighted by Crippen LogP contribution is -2.44. The molecule has 1 atom stereocenters. The standard InChI is InChI=1S/C15H17ClN4O2/c16-14-11-5-1-2-6-12(11)15(19-18-14)17-10-4-3-7-20(8-10)9-13(21)22/h1-2,5-6,10H,3-4,7-9H2,(H,17,19)(H,21,22). The van der Waals surface area contributed by atoms with Crippen LogP contribution in [0.25, 0.3) is 10.8 Å². The number of fused-ring (bicyclic) bond motifs is 1. The van der Waals surface area contributed by atoms with Gasteiger partial charge in [-0.1, -0.05) is 35.9 Å². The number of carboxylic acid groups (broad SMARTS) is 1. The minimum absolute atomic E-state index is 0.0746. The minimum atomic E-state index is -0.794. The van der Waals surface area contributed by atoms with Crippen molar-refractivity contribution in [2.75, 3.05) is 25.0 Å². The fraction of sp³-hybridized carbons (Fsp3) is 0.400. The van der Waals surface area contributed by atoms with Gasteiger partial charge < -0.3 is 10.4 Å².